The lowest BCUT2D eigenvalue weighted by molar-refractivity contribution is 0.0705. The number of hydrogen-bond donors (Lipinski definition) is 1. The maximum atomic E-state index is 8.47. The molecule has 0 unspecified atom stereocenters. The fourth-order valence-corrected chi connectivity index (χ4v) is 1.47. The van der Waals surface area contributed by atoms with Gasteiger partial charge in [0.1, 0.15) is 12.4 Å². The van der Waals surface area contributed by atoms with Crippen molar-refractivity contribution in [3.8, 4) is 5.75 Å². The number of thioether (sulfide) groups is 1. The van der Waals surface area contributed by atoms with Gasteiger partial charge in [-0.3, -0.25) is 0 Å². The Morgan fingerprint density at radius 2 is 1.87 bits per heavy atom. The van der Waals surface area contributed by atoms with Crippen LogP contribution in [-0.2, 0) is 4.74 Å². The summed E-state index contributed by atoms with van der Waals surface area (Å²) in [5, 5.41) is 8.47. The highest BCUT2D eigenvalue weighted by Crippen LogP contribution is 2.18. The number of rotatable bonds is 7. The zero-order valence-electron chi connectivity index (χ0n) is 8.81. The van der Waals surface area contributed by atoms with Gasteiger partial charge in [-0.05, 0) is 30.5 Å². The van der Waals surface area contributed by atoms with E-state index in [1.165, 1.54) is 4.90 Å². The molecule has 0 amide bonds. The molecule has 0 aromatic heterocycles. The van der Waals surface area contributed by atoms with Crippen molar-refractivity contribution < 1.29 is 14.6 Å². The minimum Gasteiger partial charge on any atom is -0.491 e. The molecule has 1 aromatic rings. The Hall–Kier alpha value is -0.710. The van der Waals surface area contributed by atoms with Crippen molar-refractivity contribution >= 4 is 11.8 Å². The topological polar surface area (TPSA) is 38.7 Å². The molecule has 0 saturated carbocycles. The lowest BCUT2D eigenvalue weighted by atomic mass is 10.3. The van der Waals surface area contributed by atoms with Crippen LogP contribution >= 0.6 is 11.8 Å². The van der Waals surface area contributed by atoms with Crippen LogP contribution in [0.5, 0.6) is 5.75 Å². The van der Waals surface area contributed by atoms with E-state index in [0.717, 1.165) is 5.75 Å². The standard InChI is InChI=1S/C11H16O3S/c1-15-11-4-2-10(3-5-11)14-9-8-13-7-6-12/h2-5,12H,6-9H2,1H3. The maximum absolute atomic E-state index is 8.47. The quantitative estimate of drug-likeness (QED) is 0.570. The van der Waals surface area contributed by atoms with Crippen LogP contribution in [0.3, 0.4) is 0 Å². The Balaban J connectivity index is 2.20. The first-order chi connectivity index (χ1) is 7.36. The molecule has 0 spiro atoms. The van der Waals surface area contributed by atoms with Crippen LogP contribution in [0.1, 0.15) is 0 Å². The largest absolute Gasteiger partial charge is 0.491 e. The highest BCUT2D eigenvalue weighted by molar-refractivity contribution is 7.98. The van der Waals surface area contributed by atoms with Gasteiger partial charge in [-0.2, -0.15) is 0 Å². The molecule has 1 rings (SSSR count). The summed E-state index contributed by atoms with van der Waals surface area (Å²) in [5.74, 6) is 0.848. The molecular weight excluding hydrogens is 212 g/mol. The zero-order chi connectivity index (χ0) is 10.9. The van der Waals surface area contributed by atoms with E-state index in [1.54, 1.807) is 11.8 Å². The van der Waals surface area contributed by atoms with Gasteiger partial charge in [0.15, 0.2) is 0 Å². The fourth-order valence-electron chi connectivity index (χ4n) is 1.06. The first-order valence-electron chi connectivity index (χ1n) is 4.82. The Labute approximate surface area is 94.4 Å². The lowest BCUT2D eigenvalue weighted by Gasteiger charge is -2.06. The minimum atomic E-state index is 0.0580. The Morgan fingerprint density at radius 3 is 2.47 bits per heavy atom. The van der Waals surface area contributed by atoms with Crippen LogP contribution in [0.2, 0.25) is 0 Å². The summed E-state index contributed by atoms with van der Waals surface area (Å²) in [5.41, 5.74) is 0. The molecule has 0 bridgehead atoms. The molecule has 3 nitrogen and oxygen atoms in total. The van der Waals surface area contributed by atoms with Crippen molar-refractivity contribution in [2.24, 2.45) is 0 Å². The van der Waals surface area contributed by atoms with Crippen LogP contribution in [0.15, 0.2) is 29.2 Å². The molecule has 0 saturated heterocycles. The highest BCUT2D eigenvalue weighted by Gasteiger charge is 1.94. The number of aliphatic hydroxyl groups is 1. The van der Waals surface area contributed by atoms with E-state index in [2.05, 4.69) is 0 Å². The summed E-state index contributed by atoms with van der Waals surface area (Å²) in [6, 6.07) is 7.93. The van der Waals surface area contributed by atoms with Crippen LogP contribution in [-0.4, -0.2) is 37.8 Å². The average Bonchev–Trinajstić information content (AvgIpc) is 2.30. The van der Waals surface area contributed by atoms with Gasteiger partial charge in [-0.1, -0.05) is 0 Å². The molecular formula is C11H16O3S. The SMILES string of the molecule is CSc1ccc(OCCOCCO)cc1. The van der Waals surface area contributed by atoms with E-state index in [-0.39, 0.29) is 6.61 Å². The predicted molar refractivity (Wildman–Crippen MR) is 61.6 cm³/mol. The second-order valence-electron chi connectivity index (χ2n) is 2.86. The van der Waals surface area contributed by atoms with Gasteiger partial charge in [0, 0.05) is 4.90 Å². The van der Waals surface area contributed by atoms with E-state index in [4.69, 9.17) is 14.6 Å². The monoisotopic (exact) mass is 228 g/mol. The Bertz CT molecular complexity index is 261. The van der Waals surface area contributed by atoms with E-state index >= 15 is 0 Å². The zero-order valence-corrected chi connectivity index (χ0v) is 9.63. The molecule has 0 aliphatic rings. The number of hydrogen-bond acceptors (Lipinski definition) is 4. The van der Waals surface area contributed by atoms with E-state index in [9.17, 15) is 0 Å². The third-order valence-electron chi connectivity index (χ3n) is 1.79. The number of aliphatic hydroxyl groups excluding tert-OH is 1. The fraction of sp³-hybridized carbons (Fsp3) is 0.455. The first-order valence-corrected chi connectivity index (χ1v) is 6.04. The molecule has 0 fully saturated rings. The van der Waals surface area contributed by atoms with E-state index < -0.39 is 0 Å². The van der Waals surface area contributed by atoms with Crippen molar-refractivity contribution in [1.82, 2.24) is 0 Å². The maximum Gasteiger partial charge on any atom is 0.119 e. The Kier molecular flexibility index (Phi) is 6.23. The van der Waals surface area contributed by atoms with Crippen LogP contribution in [0.25, 0.3) is 0 Å². The van der Waals surface area contributed by atoms with Gasteiger partial charge < -0.3 is 14.6 Å². The average molecular weight is 228 g/mol. The highest BCUT2D eigenvalue weighted by atomic mass is 32.2. The van der Waals surface area contributed by atoms with Gasteiger partial charge >= 0.3 is 0 Å². The minimum absolute atomic E-state index is 0.0580. The molecule has 0 aliphatic heterocycles. The van der Waals surface area contributed by atoms with Crippen LogP contribution < -0.4 is 4.74 Å². The molecule has 0 atom stereocenters. The van der Waals surface area contributed by atoms with Crippen molar-refractivity contribution in [3.63, 3.8) is 0 Å². The normalized spacial score (nSPS) is 10.3. The van der Waals surface area contributed by atoms with Gasteiger partial charge in [0.2, 0.25) is 0 Å². The van der Waals surface area contributed by atoms with Crippen molar-refractivity contribution in [2.45, 2.75) is 4.90 Å². The summed E-state index contributed by atoms with van der Waals surface area (Å²) < 4.78 is 10.5. The second-order valence-corrected chi connectivity index (χ2v) is 3.74. The van der Waals surface area contributed by atoms with E-state index in [1.807, 2.05) is 30.5 Å². The summed E-state index contributed by atoms with van der Waals surface area (Å²) in [7, 11) is 0. The molecule has 0 radical (unpaired) electrons. The van der Waals surface area contributed by atoms with Gasteiger partial charge in [-0.15, -0.1) is 11.8 Å². The number of benzene rings is 1. The third-order valence-corrected chi connectivity index (χ3v) is 2.54. The van der Waals surface area contributed by atoms with Gasteiger partial charge in [0.05, 0.1) is 19.8 Å². The smallest absolute Gasteiger partial charge is 0.119 e. The first kappa shape index (κ1) is 12.4. The molecule has 1 N–H and O–H groups in total. The molecule has 0 heterocycles. The summed E-state index contributed by atoms with van der Waals surface area (Å²) in [4.78, 5) is 1.22. The molecule has 1 aromatic carbocycles. The van der Waals surface area contributed by atoms with Crippen LogP contribution in [0.4, 0.5) is 0 Å². The molecule has 15 heavy (non-hydrogen) atoms. The van der Waals surface area contributed by atoms with Crippen molar-refractivity contribution in [3.05, 3.63) is 24.3 Å². The predicted octanol–water partition coefficient (Wildman–Crippen LogP) is 1.80. The number of ether oxygens (including phenoxy) is 2. The van der Waals surface area contributed by atoms with E-state index in [0.29, 0.717) is 19.8 Å². The lowest BCUT2D eigenvalue weighted by Crippen LogP contribution is -2.08. The molecule has 4 heteroatoms. The Morgan fingerprint density at radius 1 is 1.13 bits per heavy atom. The van der Waals surface area contributed by atoms with Crippen LogP contribution in [0, 0.1) is 0 Å². The molecule has 0 aliphatic carbocycles. The molecule has 84 valence electrons. The van der Waals surface area contributed by atoms with Gasteiger partial charge in [0.25, 0.3) is 0 Å². The van der Waals surface area contributed by atoms with Crippen molar-refractivity contribution in [1.29, 1.82) is 0 Å². The van der Waals surface area contributed by atoms with Gasteiger partial charge in [-0.25, -0.2) is 0 Å². The van der Waals surface area contributed by atoms with Crippen molar-refractivity contribution in [2.75, 3.05) is 32.7 Å². The summed E-state index contributed by atoms with van der Waals surface area (Å²) in [6.07, 6.45) is 2.04. The summed E-state index contributed by atoms with van der Waals surface area (Å²) in [6.45, 7) is 1.45. The third kappa shape index (κ3) is 5.06. The summed E-state index contributed by atoms with van der Waals surface area (Å²) >= 11 is 1.70. The second kappa shape index (κ2) is 7.56.